The van der Waals surface area contributed by atoms with Crippen LogP contribution in [-0.4, -0.2) is 9.97 Å². The number of nitrogens with zero attached hydrogens (tertiary/aromatic N) is 2. The van der Waals surface area contributed by atoms with Gasteiger partial charge in [-0.2, -0.15) is 0 Å². The van der Waals surface area contributed by atoms with Gasteiger partial charge in [-0.05, 0) is 46.2 Å². The summed E-state index contributed by atoms with van der Waals surface area (Å²) in [6.07, 6.45) is 0. The summed E-state index contributed by atoms with van der Waals surface area (Å²) in [4.78, 5) is 10.2. The molecule has 146 valence electrons. The number of hydrogen-bond acceptors (Lipinski definition) is 2. The van der Waals surface area contributed by atoms with E-state index in [9.17, 15) is 0 Å². The molecule has 5 aromatic carbocycles. The number of aryl methyl sites for hydroxylation is 1. The molecule has 0 spiro atoms. The van der Waals surface area contributed by atoms with E-state index >= 15 is 0 Å². The third-order valence-electron chi connectivity index (χ3n) is 5.94. The molecule has 0 amide bonds. The van der Waals surface area contributed by atoms with Gasteiger partial charge in [0.1, 0.15) is 0 Å². The van der Waals surface area contributed by atoms with Gasteiger partial charge in [-0.3, -0.25) is 0 Å². The third-order valence-corrected chi connectivity index (χ3v) is 5.94. The maximum atomic E-state index is 5.10. The maximum Gasteiger partial charge on any atom is 0.0975 e. The predicted octanol–water partition coefficient (Wildman–Crippen LogP) is 7.58. The van der Waals surface area contributed by atoms with Gasteiger partial charge < -0.3 is 0 Å². The van der Waals surface area contributed by atoms with Crippen LogP contribution in [0.1, 0.15) is 5.69 Å². The zero-order chi connectivity index (χ0) is 20.8. The van der Waals surface area contributed by atoms with Gasteiger partial charge in [0.2, 0.25) is 0 Å². The van der Waals surface area contributed by atoms with E-state index in [2.05, 4.69) is 84.9 Å². The van der Waals surface area contributed by atoms with Crippen molar-refractivity contribution in [2.75, 3.05) is 0 Å². The first kappa shape index (κ1) is 17.8. The maximum absolute atomic E-state index is 5.10. The van der Waals surface area contributed by atoms with Crippen LogP contribution in [0.3, 0.4) is 0 Å². The molecule has 0 bridgehead atoms. The molecule has 1 aromatic heterocycles. The van der Waals surface area contributed by atoms with E-state index < -0.39 is 0 Å². The molecular formula is C29H20N2. The second-order valence-corrected chi connectivity index (χ2v) is 7.93. The SMILES string of the molecule is Cc1nc2c(-c3ccc4ccccc4c3)c3ccccc3cc2nc1-c1ccccc1. The van der Waals surface area contributed by atoms with Crippen LogP contribution in [0, 0.1) is 6.92 Å². The zero-order valence-corrected chi connectivity index (χ0v) is 17.2. The Bertz CT molecular complexity index is 1580. The Hall–Kier alpha value is -4.04. The van der Waals surface area contributed by atoms with Crippen LogP contribution in [-0.2, 0) is 0 Å². The van der Waals surface area contributed by atoms with Gasteiger partial charge in [0.15, 0.2) is 0 Å². The van der Waals surface area contributed by atoms with Crippen LogP contribution >= 0.6 is 0 Å². The molecular weight excluding hydrogens is 376 g/mol. The Morgan fingerprint density at radius 2 is 1.26 bits per heavy atom. The molecule has 0 saturated heterocycles. The Labute approximate surface area is 180 Å². The predicted molar refractivity (Wildman–Crippen MR) is 130 cm³/mol. The van der Waals surface area contributed by atoms with Crippen molar-refractivity contribution in [3.8, 4) is 22.4 Å². The van der Waals surface area contributed by atoms with Crippen molar-refractivity contribution in [3.05, 3.63) is 109 Å². The topological polar surface area (TPSA) is 25.8 Å². The lowest BCUT2D eigenvalue weighted by Crippen LogP contribution is -1.97. The fourth-order valence-corrected chi connectivity index (χ4v) is 4.45. The van der Waals surface area contributed by atoms with Gasteiger partial charge >= 0.3 is 0 Å². The van der Waals surface area contributed by atoms with Gasteiger partial charge in [-0.25, -0.2) is 9.97 Å². The fourth-order valence-electron chi connectivity index (χ4n) is 4.45. The third kappa shape index (κ3) is 2.96. The lowest BCUT2D eigenvalue weighted by atomic mass is 9.94. The van der Waals surface area contributed by atoms with Gasteiger partial charge in [0, 0.05) is 11.1 Å². The summed E-state index contributed by atoms with van der Waals surface area (Å²) < 4.78 is 0. The second-order valence-electron chi connectivity index (χ2n) is 7.93. The highest BCUT2D eigenvalue weighted by atomic mass is 14.8. The van der Waals surface area contributed by atoms with E-state index in [0.29, 0.717) is 0 Å². The quantitative estimate of drug-likeness (QED) is 0.282. The first-order valence-corrected chi connectivity index (χ1v) is 10.5. The smallest absolute Gasteiger partial charge is 0.0975 e. The Morgan fingerprint density at radius 1 is 0.548 bits per heavy atom. The lowest BCUT2D eigenvalue weighted by molar-refractivity contribution is 1.19. The molecule has 31 heavy (non-hydrogen) atoms. The van der Waals surface area contributed by atoms with E-state index in [1.807, 2.05) is 25.1 Å². The van der Waals surface area contributed by atoms with Crippen molar-refractivity contribution in [3.63, 3.8) is 0 Å². The van der Waals surface area contributed by atoms with Crippen LogP contribution in [0.15, 0.2) is 103 Å². The molecule has 1 heterocycles. The van der Waals surface area contributed by atoms with Crippen LogP contribution in [0.5, 0.6) is 0 Å². The number of fused-ring (bicyclic) bond motifs is 3. The summed E-state index contributed by atoms with van der Waals surface area (Å²) in [6, 6.07) is 36.1. The molecule has 2 nitrogen and oxygen atoms in total. The first-order valence-electron chi connectivity index (χ1n) is 10.5. The molecule has 0 N–H and O–H groups in total. The molecule has 0 unspecified atom stereocenters. The van der Waals surface area contributed by atoms with Crippen LogP contribution < -0.4 is 0 Å². The highest BCUT2D eigenvalue weighted by molar-refractivity contribution is 6.11. The highest BCUT2D eigenvalue weighted by Gasteiger charge is 2.15. The molecule has 2 heteroatoms. The summed E-state index contributed by atoms with van der Waals surface area (Å²) in [5.74, 6) is 0. The molecule has 0 aliphatic heterocycles. The molecule has 0 radical (unpaired) electrons. The van der Waals surface area contributed by atoms with Gasteiger partial charge in [-0.1, -0.05) is 91.0 Å². The minimum absolute atomic E-state index is 0.923. The number of aromatic nitrogens is 2. The van der Waals surface area contributed by atoms with Crippen molar-refractivity contribution in [1.29, 1.82) is 0 Å². The van der Waals surface area contributed by atoms with Gasteiger partial charge in [0.05, 0.1) is 22.4 Å². The summed E-state index contributed by atoms with van der Waals surface area (Å²) in [6.45, 7) is 2.05. The van der Waals surface area contributed by atoms with Crippen molar-refractivity contribution < 1.29 is 0 Å². The van der Waals surface area contributed by atoms with E-state index in [-0.39, 0.29) is 0 Å². The molecule has 6 rings (SSSR count). The van der Waals surface area contributed by atoms with E-state index in [4.69, 9.17) is 9.97 Å². The number of hydrogen-bond donors (Lipinski definition) is 0. The van der Waals surface area contributed by atoms with E-state index in [1.54, 1.807) is 0 Å². The average molecular weight is 396 g/mol. The largest absolute Gasteiger partial charge is 0.249 e. The van der Waals surface area contributed by atoms with Gasteiger partial charge in [0.25, 0.3) is 0 Å². The van der Waals surface area contributed by atoms with E-state index in [0.717, 1.165) is 33.5 Å². The Balaban J connectivity index is 1.71. The average Bonchev–Trinajstić information content (AvgIpc) is 2.82. The second kappa shape index (κ2) is 7.03. The van der Waals surface area contributed by atoms with Crippen molar-refractivity contribution >= 4 is 32.6 Å². The van der Waals surface area contributed by atoms with E-state index in [1.165, 1.54) is 27.1 Å². The standard InChI is InChI=1S/C29H20N2/c1-19-28(21-10-3-2-4-11-21)31-26-18-23-13-7-8-14-25(23)27(29(26)30-19)24-16-15-20-9-5-6-12-22(20)17-24/h2-18H,1H3. The van der Waals surface area contributed by atoms with Crippen molar-refractivity contribution in [1.82, 2.24) is 9.97 Å². The summed E-state index contributed by atoms with van der Waals surface area (Å²) in [5, 5.41) is 4.85. The minimum atomic E-state index is 0.923. The highest BCUT2D eigenvalue weighted by Crippen LogP contribution is 2.37. The summed E-state index contributed by atoms with van der Waals surface area (Å²) in [7, 11) is 0. The van der Waals surface area contributed by atoms with Crippen LogP contribution in [0.4, 0.5) is 0 Å². The molecule has 0 fully saturated rings. The summed E-state index contributed by atoms with van der Waals surface area (Å²) in [5.41, 5.74) is 7.16. The molecule has 0 aliphatic carbocycles. The monoisotopic (exact) mass is 396 g/mol. The van der Waals surface area contributed by atoms with Crippen LogP contribution in [0.2, 0.25) is 0 Å². The van der Waals surface area contributed by atoms with Crippen molar-refractivity contribution in [2.24, 2.45) is 0 Å². The molecule has 0 aliphatic rings. The fraction of sp³-hybridized carbons (Fsp3) is 0.0345. The molecule has 6 aromatic rings. The zero-order valence-electron chi connectivity index (χ0n) is 17.2. The molecule has 0 saturated carbocycles. The van der Waals surface area contributed by atoms with Gasteiger partial charge in [-0.15, -0.1) is 0 Å². The Kier molecular flexibility index (Phi) is 4.03. The first-order chi connectivity index (χ1) is 15.3. The normalized spacial score (nSPS) is 11.4. The van der Waals surface area contributed by atoms with Crippen molar-refractivity contribution in [2.45, 2.75) is 6.92 Å². The number of benzene rings is 5. The number of rotatable bonds is 2. The lowest BCUT2D eigenvalue weighted by Gasteiger charge is -2.14. The minimum Gasteiger partial charge on any atom is -0.249 e. The Morgan fingerprint density at radius 3 is 2.10 bits per heavy atom. The molecule has 0 atom stereocenters. The van der Waals surface area contributed by atoms with Crippen LogP contribution in [0.25, 0.3) is 55.0 Å². The summed E-state index contributed by atoms with van der Waals surface area (Å²) >= 11 is 0.